The molecule has 3 aliphatic rings. The lowest BCUT2D eigenvalue weighted by atomic mass is 9.66. The van der Waals surface area contributed by atoms with Crippen LogP contribution >= 0.6 is 11.8 Å². The summed E-state index contributed by atoms with van der Waals surface area (Å²) in [5, 5.41) is 16.0. The van der Waals surface area contributed by atoms with E-state index in [0.29, 0.717) is 18.0 Å². The monoisotopic (exact) mass is 523 g/mol. The van der Waals surface area contributed by atoms with E-state index in [4.69, 9.17) is 4.74 Å². The zero-order valence-corrected chi connectivity index (χ0v) is 22.0. The number of hydrogen-bond acceptors (Lipinski definition) is 6. The van der Waals surface area contributed by atoms with E-state index in [-0.39, 0.29) is 35.5 Å². The molecular weight excluding hydrogens is 490 g/mol. The van der Waals surface area contributed by atoms with Gasteiger partial charge in [0, 0.05) is 17.5 Å². The molecule has 1 spiro atoms. The van der Waals surface area contributed by atoms with Crippen LogP contribution in [0.1, 0.15) is 25.8 Å². The first kappa shape index (κ1) is 25.6. The van der Waals surface area contributed by atoms with Crippen LogP contribution < -0.4 is 15.4 Å². The van der Waals surface area contributed by atoms with Gasteiger partial charge in [0.15, 0.2) is 0 Å². The van der Waals surface area contributed by atoms with Crippen molar-refractivity contribution in [2.45, 2.75) is 48.9 Å². The van der Waals surface area contributed by atoms with Crippen LogP contribution in [0, 0.1) is 17.8 Å². The smallest absolute Gasteiger partial charge is 0.248 e. The zero-order valence-electron chi connectivity index (χ0n) is 21.2. The van der Waals surface area contributed by atoms with Crippen molar-refractivity contribution in [3.8, 4) is 5.75 Å². The number of aliphatic hydroxyl groups excluding tert-OH is 1. The van der Waals surface area contributed by atoms with Crippen molar-refractivity contribution >= 4 is 35.2 Å². The third kappa shape index (κ3) is 4.18. The molecular formula is C28H33N3O5S. The number of aliphatic hydroxyl groups is 1. The highest BCUT2D eigenvalue weighted by molar-refractivity contribution is 8.02. The Hall–Kier alpha value is -3.04. The fraction of sp³-hybridized carbons (Fsp3) is 0.464. The van der Waals surface area contributed by atoms with Crippen molar-refractivity contribution in [3.63, 3.8) is 0 Å². The van der Waals surface area contributed by atoms with Gasteiger partial charge in [-0.15, -0.1) is 11.8 Å². The molecule has 3 fully saturated rings. The van der Waals surface area contributed by atoms with Crippen molar-refractivity contribution in [3.05, 3.63) is 60.2 Å². The van der Waals surface area contributed by atoms with Crippen LogP contribution in [0.3, 0.4) is 0 Å². The molecule has 0 aliphatic carbocycles. The van der Waals surface area contributed by atoms with E-state index in [9.17, 15) is 19.5 Å². The minimum absolute atomic E-state index is 0.0393. The zero-order chi connectivity index (χ0) is 26.3. The molecule has 8 nitrogen and oxygen atoms in total. The van der Waals surface area contributed by atoms with E-state index in [0.717, 1.165) is 12.0 Å². The maximum absolute atomic E-state index is 14.0. The second-order valence-electron chi connectivity index (χ2n) is 10.3. The Balaban J connectivity index is 1.45. The first-order valence-corrected chi connectivity index (χ1v) is 13.6. The molecule has 0 radical (unpaired) electrons. The van der Waals surface area contributed by atoms with Crippen molar-refractivity contribution in [2.24, 2.45) is 17.8 Å². The summed E-state index contributed by atoms with van der Waals surface area (Å²) in [5.41, 5.74) is 1.58. The van der Waals surface area contributed by atoms with E-state index in [1.54, 1.807) is 50.1 Å². The van der Waals surface area contributed by atoms with Gasteiger partial charge in [-0.05, 0) is 49.1 Å². The lowest BCUT2D eigenvalue weighted by Gasteiger charge is -2.39. The van der Waals surface area contributed by atoms with E-state index in [2.05, 4.69) is 17.6 Å². The van der Waals surface area contributed by atoms with Crippen molar-refractivity contribution < 1.29 is 24.2 Å². The minimum atomic E-state index is -0.800. The molecule has 3 saturated heterocycles. The molecule has 3 amide bonds. The summed E-state index contributed by atoms with van der Waals surface area (Å²) in [7, 11) is 1.58. The maximum atomic E-state index is 14.0. The third-order valence-electron chi connectivity index (χ3n) is 8.14. The number of nitrogens with zero attached hydrogens (tertiary/aromatic N) is 1. The first-order valence-electron chi connectivity index (χ1n) is 12.7. The lowest BCUT2D eigenvalue weighted by Crippen LogP contribution is -2.56. The van der Waals surface area contributed by atoms with Gasteiger partial charge in [-0.25, -0.2) is 0 Å². The Labute approximate surface area is 221 Å². The summed E-state index contributed by atoms with van der Waals surface area (Å²) in [6.45, 7) is 3.94. The molecule has 2 aromatic rings. The van der Waals surface area contributed by atoms with Gasteiger partial charge in [0.05, 0.1) is 36.3 Å². The highest BCUT2D eigenvalue weighted by atomic mass is 32.2. The molecule has 2 bridgehead atoms. The average molecular weight is 524 g/mol. The molecule has 3 N–H and O–H groups in total. The maximum Gasteiger partial charge on any atom is 0.248 e. The molecule has 196 valence electrons. The van der Waals surface area contributed by atoms with Crippen LogP contribution in [0.25, 0.3) is 0 Å². The number of ether oxygens (including phenoxy) is 1. The van der Waals surface area contributed by atoms with Crippen molar-refractivity contribution in [1.29, 1.82) is 0 Å². The standard InChI is InChI=1S/C28H33N3O5S/c1-16-13-21-22(25(33)29-14-18-7-5-4-6-8-18)23-27(35)31(17(2)15-32)24(28(16,23)37-21)26(34)30-19-9-11-20(36-3)12-10-19/h4-12,16-17,21-24,32H,13-15H2,1-3H3,(H,29,33)(H,30,34)/t16?,17-,21+,22-,23+,24?,28?/m1/s1. The van der Waals surface area contributed by atoms with Crippen molar-refractivity contribution in [2.75, 3.05) is 19.0 Å². The number of fused-ring (bicyclic) bond motifs is 1. The van der Waals surface area contributed by atoms with Crippen LogP contribution in [0.5, 0.6) is 5.75 Å². The number of thioether (sulfide) groups is 1. The molecule has 5 rings (SSSR count). The number of anilines is 1. The quantitative estimate of drug-likeness (QED) is 0.491. The number of hydrogen-bond donors (Lipinski definition) is 3. The summed E-state index contributed by atoms with van der Waals surface area (Å²) in [4.78, 5) is 42.9. The van der Waals surface area contributed by atoms with Gasteiger partial charge in [-0.2, -0.15) is 0 Å². The summed E-state index contributed by atoms with van der Waals surface area (Å²) >= 11 is 1.62. The van der Waals surface area contributed by atoms with Crippen LogP contribution in [-0.2, 0) is 20.9 Å². The van der Waals surface area contributed by atoms with E-state index >= 15 is 0 Å². The molecule has 3 aliphatic heterocycles. The number of carbonyl (C=O) groups is 3. The fourth-order valence-corrected chi connectivity index (χ4v) is 8.82. The summed E-state index contributed by atoms with van der Waals surface area (Å²) in [6, 6.07) is 15.3. The van der Waals surface area contributed by atoms with Crippen LogP contribution in [-0.4, -0.2) is 63.5 Å². The first-order chi connectivity index (χ1) is 17.8. The molecule has 9 heteroatoms. The van der Waals surface area contributed by atoms with Gasteiger partial charge in [0.1, 0.15) is 11.8 Å². The normalized spacial score (nSPS) is 30.6. The van der Waals surface area contributed by atoms with Gasteiger partial charge in [0.25, 0.3) is 0 Å². The van der Waals surface area contributed by atoms with Crippen LogP contribution in [0.4, 0.5) is 5.69 Å². The third-order valence-corrected chi connectivity index (χ3v) is 10.2. The number of methoxy groups -OCH3 is 1. The summed E-state index contributed by atoms with van der Waals surface area (Å²) in [6.07, 6.45) is 0.755. The highest BCUT2D eigenvalue weighted by Crippen LogP contribution is 2.68. The van der Waals surface area contributed by atoms with E-state index in [1.165, 1.54) is 4.90 Å². The second-order valence-corrected chi connectivity index (χ2v) is 11.8. The molecule has 0 saturated carbocycles. The topological polar surface area (TPSA) is 108 Å². The Morgan fingerprint density at radius 2 is 1.86 bits per heavy atom. The number of amides is 3. The van der Waals surface area contributed by atoms with Crippen molar-refractivity contribution in [1.82, 2.24) is 10.2 Å². The SMILES string of the molecule is COc1ccc(NC(=O)C2N([C@H](C)CO)C(=O)[C@@H]3[C@H](C(=O)NCc4ccccc4)[C@@H]4CC(C)C23S4)cc1. The molecule has 2 aromatic carbocycles. The molecule has 3 unspecified atom stereocenters. The number of nitrogens with one attached hydrogen (secondary N) is 2. The summed E-state index contributed by atoms with van der Waals surface area (Å²) < 4.78 is 4.47. The number of likely N-dealkylation sites (tertiary alicyclic amines) is 1. The predicted molar refractivity (Wildman–Crippen MR) is 142 cm³/mol. The largest absolute Gasteiger partial charge is 0.497 e. The van der Waals surface area contributed by atoms with Gasteiger partial charge < -0.3 is 25.4 Å². The number of carbonyl (C=O) groups excluding carboxylic acids is 3. The Morgan fingerprint density at radius 3 is 2.51 bits per heavy atom. The van der Waals surface area contributed by atoms with Crippen LogP contribution in [0.15, 0.2) is 54.6 Å². The lowest BCUT2D eigenvalue weighted by molar-refractivity contribution is -0.141. The molecule has 0 aromatic heterocycles. The number of rotatable bonds is 8. The van der Waals surface area contributed by atoms with Gasteiger partial charge in [-0.1, -0.05) is 37.3 Å². The highest BCUT2D eigenvalue weighted by Gasteiger charge is 2.76. The van der Waals surface area contributed by atoms with E-state index < -0.39 is 28.7 Å². The Morgan fingerprint density at radius 1 is 1.16 bits per heavy atom. The Bertz CT molecular complexity index is 1180. The van der Waals surface area contributed by atoms with E-state index in [1.807, 2.05) is 30.3 Å². The molecule has 7 atom stereocenters. The molecule has 3 heterocycles. The van der Waals surface area contributed by atoms with Gasteiger partial charge in [0.2, 0.25) is 17.7 Å². The molecule has 37 heavy (non-hydrogen) atoms. The second kappa shape index (κ2) is 10.0. The van der Waals surface area contributed by atoms with Gasteiger partial charge >= 0.3 is 0 Å². The minimum Gasteiger partial charge on any atom is -0.497 e. The van der Waals surface area contributed by atoms with Crippen LogP contribution in [0.2, 0.25) is 0 Å². The summed E-state index contributed by atoms with van der Waals surface area (Å²) in [5.74, 6) is -1.10. The Kier molecular flexibility index (Phi) is 6.93. The van der Waals surface area contributed by atoms with Gasteiger partial charge in [-0.3, -0.25) is 14.4 Å². The number of benzene rings is 2. The fourth-order valence-electron chi connectivity index (χ4n) is 6.41. The average Bonchev–Trinajstić information content (AvgIpc) is 3.51. The predicted octanol–water partition coefficient (Wildman–Crippen LogP) is 2.67.